The number of carbonyl (C=O) groups is 2. The molecular weight excluding hydrogens is 396 g/mol. The van der Waals surface area contributed by atoms with Gasteiger partial charge in [-0.25, -0.2) is 4.98 Å². The van der Waals surface area contributed by atoms with Gasteiger partial charge in [0.1, 0.15) is 5.82 Å². The van der Waals surface area contributed by atoms with E-state index in [4.69, 9.17) is 0 Å². The Balaban J connectivity index is 1.37. The van der Waals surface area contributed by atoms with Crippen molar-refractivity contribution in [3.05, 3.63) is 45.8 Å². The third-order valence-corrected chi connectivity index (χ3v) is 7.48. The molecule has 30 heavy (non-hydrogen) atoms. The minimum atomic E-state index is 0.0323. The lowest BCUT2D eigenvalue weighted by molar-refractivity contribution is -0.136. The van der Waals surface area contributed by atoms with Crippen LogP contribution in [0.5, 0.6) is 0 Å². The van der Waals surface area contributed by atoms with Gasteiger partial charge in [0.25, 0.3) is 5.91 Å². The largest absolute Gasteiger partial charge is 0.353 e. The number of aromatic nitrogens is 1. The van der Waals surface area contributed by atoms with Gasteiger partial charge in [0, 0.05) is 56.3 Å². The molecule has 2 aromatic heterocycles. The minimum absolute atomic E-state index is 0.0323. The van der Waals surface area contributed by atoms with E-state index in [-0.39, 0.29) is 17.7 Å². The Kier molecular flexibility index (Phi) is 6.37. The lowest BCUT2D eigenvalue weighted by Crippen LogP contribution is -2.51. The zero-order valence-corrected chi connectivity index (χ0v) is 18.7. The fourth-order valence-electron chi connectivity index (χ4n) is 4.46. The van der Waals surface area contributed by atoms with Gasteiger partial charge in [0.2, 0.25) is 5.91 Å². The van der Waals surface area contributed by atoms with Crippen molar-refractivity contribution in [3.63, 3.8) is 0 Å². The monoisotopic (exact) mass is 426 g/mol. The summed E-state index contributed by atoms with van der Waals surface area (Å²) >= 11 is 1.62. The van der Waals surface area contributed by atoms with E-state index in [2.05, 4.69) is 9.88 Å². The van der Waals surface area contributed by atoms with Crippen LogP contribution in [0.1, 0.15) is 40.4 Å². The summed E-state index contributed by atoms with van der Waals surface area (Å²) in [6.07, 6.45) is 4.35. The molecule has 0 aromatic carbocycles. The molecule has 3 heterocycles. The molecule has 1 atom stereocenters. The topological polar surface area (TPSA) is 56.8 Å². The van der Waals surface area contributed by atoms with E-state index < -0.39 is 0 Å². The van der Waals surface area contributed by atoms with Gasteiger partial charge in [-0.3, -0.25) is 9.59 Å². The summed E-state index contributed by atoms with van der Waals surface area (Å²) in [6, 6.07) is 7.98. The number of anilines is 1. The molecule has 4 rings (SSSR count). The predicted molar refractivity (Wildman–Crippen MR) is 120 cm³/mol. The van der Waals surface area contributed by atoms with Crippen LogP contribution in [0.3, 0.4) is 0 Å². The van der Waals surface area contributed by atoms with Crippen molar-refractivity contribution < 1.29 is 9.59 Å². The highest BCUT2D eigenvalue weighted by molar-refractivity contribution is 7.14. The second-order valence-corrected chi connectivity index (χ2v) is 9.11. The smallest absolute Gasteiger partial charge is 0.263 e. The second-order valence-electron chi connectivity index (χ2n) is 7.98. The van der Waals surface area contributed by atoms with Gasteiger partial charge in [-0.2, -0.15) is 0 Å². The highest BCUT2D eigenvalue weighted by Gasteiger charge is 2.32. The van der Waals surface area contributed by atoms with Crippen LogP contribution in [0.2, 0.25) is 0 Å². The molecule has 0 radical (unpaired) electrons. The molecule has 0 bridgehead atoms. The van der Waals surface area contributed by atoms with Crippen molar-refractivity contribution in [2.24, 2.45) is 5.92 Å². The van der Waals surface area contributed by atoms with Gasteiger partial charge in [-0.05, 0) is 56.9 Å². The lowest BCUT2D eigenvalue weighted by Gasteiger charge is -2.37. The van der Waals surface area contributed by atoms with Crippen LogP contribution in [0, 0.1) is 5.92 Å². The lowest BCUT2D eigenvalue weighted by atomic mass is 9.87. The molecule has 0 N–H and O–H groups in total. The Labute approximate surface area is 182 Å². The SMILES string of the molecule is CCN(CC)C(=O)c1cc2c(s1)CCC(C(=O)N1CCN(c3ccccn3)CC1)C2. The van der Waals surface area contributed by atoms with E-state index in [9.17, 15) is 9.59 Å². The van der Waals surface area contributed by atoms with Gasteiger partial charge >= 0.3 is 0 Å². The zero-order valence-electron chi connectivity index (χ0n) is 17.8. The summed E-state index contributed by atoms with van der Waals surface area (Å²) in [7, 11) is 0. The molecule has 160 valence electrons. The van der Waals surface area contributed by atoms with Gasteiger partial charge in [-0.1, -0.05) is 6.07 Å². The van der Waals surface area contributed by atoms with Gasteiger partial charge < -0.3 is 14.7 Å². The Bertz CT molecular complexity index is 886. The summed E-state index contributed by atoms with van der Waals surface area (Å²) in [5.74, 6) is 1.40. The molecule has 2 amide bonds. The zero-order chi connectivity index (χ0) is 21.1. The standard InChI is InChI=1S/C23H30N4O2S/c1-3-25(4-2)23(29)20-16-18-15-17(8-9-19(18)30-20)22(28)27-13-11-26(12-14-27)21-7-5-6-10-24-21/h5-7,10,16-17H,3-4,8-9,11-15H2,1-2H3. The molecule has 7 heteroatoms. The summed E-state index contributed by atoms with van der Waals surface area (Å²) in [5, 5.41) is 0. The van der Waals surface area contributed by atoms with E-state index in [1.807, 2.05) is 54.1 Å². The van der Waals surface area contributed by atoms with Gasteiger partial charge in [0.15, 0.2) is 0 Å². The average Bonchev–Trinajstić information content (AvgIpc) is 3.23. The van der Waals surface area contributed by atoms with Crippen LogP contribution in [-0.2, 0) is 17.6 Å². The second kappa shape index (κ2) is 9.16. The molecule has 1 aliphatic carbocycles. The number of carbonyl (C=O) groups excluding carboxylic acids is 2. The number of pyridine rings is 1. The number of fused-ring (bicyclic) bond motifs is 1. The van der Waals surface area contributed by atoms with Crippen LogP contribution in [-0.4, -0.2) is 65.9 Å². The first kappa shape index (κ1) is 20.8. The Morgan fingerprint density at radius 2 is 1.93 bits per heavy atom. The van der Waals surface area contributed by atoms with Gasteiger partial charge in [-0.15, -0.1) is 11.3 Å². The van der Waals surface area contributed by atoms with Crippen LogP contribution < -0.4 is 4.90 Å². The van der Waals surface area contributed by atoms with E-state index >= 15 is 0 Å². The molecule has 1 saturated heterocycles. The number of thiophene rings is 1. The maximum absolute atomic E-state index is 13.2. The first-order valence-corrected chi connectivity index (χ1v) is 11.8. The maximum Gasteiger partial charge on any atom is 0.263 e. The molecule has 2 aliphatic rings. The van der Waals surface area contributed by atoms with E-state index in [1.54, 1.807) is 11.3 Å². The third-order valence-electron chi connectivity index (χ3n) is 6.26. The molecule has 1 fully saturated rings. The third kappa shape index (κ3) is 4.21. The van der Waals surface area contributed by atoms with Crippen LogP contribution in [0.4, 0.5) is 5.82 Å². The van der Waals surface area contributed by atoms with E-state index in [0.717, 1.165) is 69.2 Å². The van der Waals surface area contributed by atoms with Crippen molar-refractivity contribution in [1.82, 2.24) is 14.8 Å². The van der Waals surface area contributed by atoms with Gasteiger partial charge in [0.05, 0.1) is 4.88 Å². The van der Waals surface area contributed by atoms with Crippen molar-refractivity contribution >= 4 is 29.0 Å². The molecule has 2 aromatic rings. The Hall–Kier alpha value is -2.41. The summed E-state index contributed by atoms with van der Waals surface area (Å²) in [5.41, 5.74) is 1.20. The first-order chi connectivity index (χ1) is 14.6. The molecular formula is C23H30N4O2S. The fraction of sp³-hybridized carbons (Fsp3) is 0.522. The fourth-order valence-corrected chi connectivity index (χ4v) is 5.64. The van der Waals surface area contributed by atoms with Crippen molar-refractivity contribution in [3.8, 4) is 0 Å². The summed E-state index contributed by atoms with van der Waals surface area (Å²) in [6.45, 7) is 8.60. The highest BCUT2D eigenvalue weighted by Crippen LogP contribution is 2.34. The van der Waals surface area contributed by atoms with Crippen molar-refractivity contribution in [2.45, 2.75) is 33.1 Å². The Morgan fingerprint density at radius 3 is 2.60 bits per heavy atom. The highest BCUT2D eigenvalue weighted by atomic mass is 32.1. The minimum Gasteiger partial charge on any atom is -0.353 e. The molecule has 1 unspecified atom stereocenters. The number of piperazine rings is 1. The maximum atomic E-state index is 13.2. The predicted octanol–water partition coefficient (Wildman–Crippen LogP) is 3.08. The van der Waals surface area contributed by atoms with Crippen LogP contribution in [0.25, 0.3) is 0 Å². The quantitative estimate of drug-likeness (QED) is 0.737. The number of amides is 2. The number of nitrogens with zero attached hydrogens (tertiary/aromatic N) is 4. The summed E-state index contributed by atoms with van der Waals surface area (Å²) < 4.78 is 0. The molecule has 0 saturated carbocycles. The van der Waals surface area contributed by atoms with Crippen LogP contribution in [0.15, 0.2) is 30.5 Å². The van der Waals surface area contributed by atoms with Crippen molar-refractivity contribution in [2.75, 3.05) is 44.2 Å². The first-order valence-electron chi connectivity index (χ1n) is 11.0. The average molecular weight is 427 g/mol. The number of hydrogen-bond donors (Lipinski definition) is 0. The normalized spacial score (nSPS) is 18.8. The van der Waals surface area contributed by atoms with Crippen molar-refractivity contribution in [1.29, 1.82) is 0 Å². The Morgan fingerprint density at radius 1 is 1.17 bits per heavy atom. The summed E-state index contributed by atoms with van der Waals surface area (Å²) in [4.78, 5) is 38.5. The van der Waals surface area contributed by atoms with E-state index in [0.29, 0.717) is 0 Å². The number of aryl methyl sites for hydroxylation is 1. The molecule has 0 spiro atoms. The number of rotatable bonds is 5. The molecule has 1 aliphatic heterocycles. The van der Waals surface area contributed by atoms with E-state index in [1.165, 1.54) is 10.4 Å². The molecule has 6 nitrogen and oxygen atoms in total. The number of hydrogen-bond acceptors (Lipinski definition) is 5. The van der Waals surface area contributed by atoms with Crippen LogP contribution >= 0.6 is 11.3 Å².